The highest BCUT2D eigenvalue weighted by atomic mass is 35.5. The number of fused-ring (bicyclic) bond motifs is 1. The smallest absolute Gasteiger partial charge is 0.407 e. The molecule has 3 aromatic rings. The number of alkyl carbamates (subject to hydrolysis) is 1. The van der Waals surface area contributed by atoms with Crippen molar-refractivity contribution in [2.24, 2.45) is 16.1 Å². The van der Waals surface area contributed by atoms with Crippen molar-refractivity contribution in [2.45, 2.75) is 51.1 Å². The van der Waals surface area contributed by atoms with Crippen LogP contribution in [0.1, 0.15) is 48.0 Å². The number of halogens is 1. The van der Waals surface area contributed by atoms with Gasteiger partial charge in [0.1, 0.15) is 6.04 Å². The fourth-order valence-electron chi connectivity index (χ4n) is 4.80. The molecule has 4 N–H and O–H groups in total. The summed E-state index contributed by atoms with van der Waals surface area (Å²) in [5, 5.41) is 34.1. The lowest BCUT2D eigenvalue weighted by Crippen LogP contribution is -2.45. The molecule has 0 saturated carbocycles. The van der Waals surface area contributed by atoms with Crippen molar-refractivity contribution in [3.05, 3.63) is 88.4 Å². The number of aliphatic hydroxyl groups is 2. The van der Waals surface area contributed by atoms with Crippen LogP contribution in [0.2, 0.25) is 5.02 Å². The first-order chi connectivity index (χ1) is 22.4. The molecule has 4 rings (SSSR count). The van der Waals surface area contributed by atoms with Crippen molar-refractivity contribution in [3.63, 3.8) is 0 Å². The van der Waals surface area contributed by atoms with E-state index >= 15 is 0 Å². The summed E-state index contributed by atoms with van der Waals surface area (Å²) in [6.45, 7) is 2.54. The Kier molecular flexibility index (Phi) is 12.0. The minimum absolute atomic E-state index is 0.223. The van der Waals surface area contributed by atoms with E-state index in [1.165, 1.54) is 12.1 Å². The Morgan fingerprint density at radius 1 is 0.936 bits per heavy atom. The second kappa shape index (κ2) is 16.1. The van der Waals surface area contributed by atoms with Gasteiger partial charge in [0.15, 0.2) is 12.3 Å². The number of nitrogens with zero attached hydrogens (tertiary/aromatic N) is 2. The van der Waals surface area contributed by atoms with Gasteiger partial charge in [-0.1, -0.05) is 61.8 Å². The first kappa shape index (κ1) is 35.0. The molecule has 4 atom stereocenters. The number of azo groups is 1. The molecule has 0 saturated heterocycles. The topological polar surface area (TPSA) is 185 Å². The summed E-state index contributed by atoms with van der Waals surface area (Å²) >= 11 is 6.13. The van der Waals surface area contributed by atoms with Crippen molar-refractivity contribution >= 4 is 41.2 Å². The molecule has 3 aromatic carbocycles. The lowest BCUT2D eigenvalue weighted by molar-refractivity contribution is -0.175. The minimum atomic E-state index is -1.70. The zero-order chi connectivity index (χ0) is 34.1. The van der Waals surface area contributed by atoms with Crippen molar-refractivity contribution in [2.75, 3.05) is 13.9 Å². The van der Waals surface area contributed by atoms with E-state index in [1.807, 2.05) is 42.5 Å². The van der Waals surface area contributed by atoms with Crippen LogP contribution in [0.4, 0.5) is 10.5 Å². The molecule has 0 fully saturated rings. The number of hydrogen-bond donors (Lipinski definition) is 4. The summed E-state index contributed by atoms with van der Waals surface area (Å²) in [6, 6.07) is 17.7. The summed E-state index contributed by atoms with van der Waals surface area (Å²) in [5.74, 6) is -2.82. The molecule has 47 heavy (non-hydrogen) atoms. The van der Waals surface area contributed by atoms with Gasteiger partial charge < -0.3 is 35.1 Å². The third-order valence-electron chi connectivity index (χ3n) is 7.33. The van der Waals surface area contributed by atoms with Crippen LogP contribution < -0.4 is 10.6 Å². The number of aliphatic hydroxyl groups excluding tert-OH is 2. The zero-order valence-electron chi connectivity index (χ0n) is 25.9. The van der Waals surface area contributed by atoms with Crippen molar-refractivity contribution in [3.8, 4) is 11.1 Å². The Labute approximate surface area is 275 Å². The maximum atomic E-state index is 13.3. The fraction of sp³-hybridized carbons (Fsp3) is 0.333. The number of esters is 2. The van der Waals surface area contributed by atoms with Gasteiger partial charge in [-0.3, -0.25) is 4.79 Å². The van der Waals surface area contributed by atoms with Crippen molar-refractivity contribution in [1.82, 2.24) is 10.6 Å². The van der Waals surface area contributed by atoms with Gasteiger partial charge in [0.2, 0.25) is 6.79 Å². The van der Waals surface area contributed by atoms with E-state index in [0.29, 0.717) is 16.3 Å². The average Bonchev–Trinajstić information content (AvgIpc) is 3.42. The zero-order valence-corrected chi connectivity index (χ0v) is 26.6. The SMILES string of the molecule is COC(=O)N[C@@H](C(=O)OCOC(=O)[C@H](O)C[C@@H](Cc1ccc(-c2cccc(Cl)c2)cc1)NC(=O)c1ccc2c(c1)C(O)N=N2)C(C)C. The Morgan fingerprint density at radius 3 is 2.34 bits per heavy atom. The lowest BCUT2D eigenvalue weighted by Gasteiger charge is -2.22. The van der Waals surface area contributed by atoms with E-state index in [4.69, 9.17) is 21.1 Å². The summed E-state index contributed by atoms with van der Waals surface area (Å²) in [7, 11) is 1.15. The Hall–Kier alpha value is -4.85. The van der Waals surface area contributed by atoms with Crippen LogP contribution in [-0.2, 0) is 30.2 Å². The van der Waals surface area contributed by atoms with Crippen molar-refractivity contribution in [1.29, 1.82) is 0 Å². The first-order valence-corrected chi connectivity index (χ1v) is 15.1. The molecule has 14 heteroatoms. The Morgan fingerprint density at radius 2 is 1.66 bits per heavy atom. The number of carbonyl (C=O) groups is 4. The molecule has 0 bridgehead atoms. The first-order valence-electron chi connectivity index (χ1n) is 14.7. The number of amides is 2. The van der Waals surface area contributed by atoms with E-state index < -0.39 is 55.1 Å². The molecule has 1 heterocycles. The van der Waals surface area contributed by atoms with E-state index in [0.717, 1.165) is 23.8 Å². The summed E-state index contributed by atoms with van der Waals surface area (Å²) in [5.41, 5.74) is 3.70. The quantitative estimate of drug-likeness (QED) is 0.149. The molecule has 0 aliphatic carbocycles. The van der Waals surface area contributed by atoms with Crippen LogP contribution in [0.25, 0.3) is 11.1 Å². The highest BCUT2D eigenvalue weighted by molar-refractivity contribution is 6.30. The van der Waals surface area contributed by atoms with Gasteiger partial charge in [0.05, 0.1) is 12.8 Å². The van der Waals surface area contributed by atoms with Crippen LogP contribution in [0.3, 0.4) is 0 Å². The van der Waals surface area contributed by atoms with Crippen LogP contribution in [-0.4, -0.2) is 66.2 Å². The third-order valence-corrected chi connectivity index (χ3v) is 7.57. The molecule has 0 radical (unpaired) electrons. The fourth-order valence-corrected chi connectivity index (χ4v) is 4.99. The van der Waals surface area contributed by atoms with Gasteiger partial charge >= 0.3 is 18.0 Å². The van der Waals surface area contributed by atoms with Crippen LogP contribution in [0.15, 0.2) is 77.0 Å². The van der Waals surface area contributed by atoms with E-state index in [1.54, 1.807) is 26.0 Å². The standard InChI is InChI=1S/C33H35ClN4O9/c1-18(2)28(36-33(44)45-3)32(43)47-17-46-31(42)27(39)16-24(35-29(40)22-11-12-26-25(15-22)30(41)38-37-26)13-19-7-9-20(10-8-19)21-5-4-6-23(34)14-21/h4-12,14-15,18,24,27-28,30,39,41H,13,16-17H2,1-3H3,(H,35,40)(H,36,44)/t24-,27-,28-,30?/m1/s1. The maximum Gasteiger partial charge on any atom is 0.407 e. The number of hydrogen-bond acceptors (Lipinski definition) is 11. The van der Waals surface area contributed by atoms with Crippen molar-refractivity contribution < 1.29 is 43.6 Å². The molecule has 1 aliphatic rings. The third kappa shape index (κ3) is 9.58. The lowest BCUT2D eigenvalue weighted by atomic mass is 9.97. The molecule has 0 spiro atoms. The molecule has 13 nitrogen and oxygen atoms in total. The van der Waals surface area contributed by atoms with Crippen LogP contribution in [0.5, 0.6) is 0 Å². The Bertz CT molecular complexity index is 1630. The predicted octanol–water partition coefficient (Wildman–Crippen LogP) is 4.61. The molecular weight excluding hydrogens is 632 g/mol. The predicted molar refractivity (Wildman–Crippen MR) is 170 cm³/mol. The van der Waals surface area contributed by atoms with Gasteiger partial charge in [0, 0.05) is 28.6 Å². The second-order valence-corrected chi connectivity index (χ2v) is 11.5. The van der Waals surface area contributed by atoms with E-state index in [2.05, 4.69) is 25.6 Å². The van der Waals surface area contributed by atoms with Gasteiger partial charge in [-0.25, -0.2) is 14.4 Å². The molecular formula is C33H35ClN4O9. The van der Waals surface area contributed by atoms with Gasteiger partial charge in [-0.2, -0.15) is 10.2 Å². The number of nitrogens with one attached hydrogen (secondary N) is 2. The average molecular weight is 667 g/mol. The van der Waals surface area contributed by atoms with Gasteiger partial charge in [-0.05, 0) is 59.4 Å². The molecule has 1 aliphatic heterocycles. The summed E-state index contributed by atoms with van der Waals surface area (Å²) in [6.07, 6.45) is -3.72. The molecule has 248 valence electrons. The summed E-state index contributed by atoms with van der Waals surface area (Å²) in [4.78, 5) is 49.9. The van der Waals surface area contributed by atoms with Crippen LogP contribution in [0, 0.1) is 5.92 Å². The minimum Gasteiger partial charge on any atom is -0.453 e. The number of benzene rings is 3. The number of carbonyl (C=O) groups excluding carboxylic acids is 4. The molecule has 0 aromatic heterocycles. The highest BCUT2D eigenvalue weighted by Gasteiger charge is 2.28. The monoisotopic (exact) mass is 666 g/mol. The second-order valence-electron chi connectivity index (χ2n) is 11.1. The summed E-state index contributed by atoms with van der Waals surface area (Å²) < 4.78 is 14.5. The molecule has 2 amide bonds. The van der Waals surface area contributed by atoms with Crippen LogP contribution >= 0.6 is 11.6 Å². The number of methoxy groups -OCH3 is 1. The van der Waals surface area contributed by atoms with E-state index in [-0.39, 0.29) is 24.3 Å². The number of rotatable bonds is 13. The van der Waals surface area contributed by atoms with Gasteiger partial charge in [-0.15, -0.1) is 0 Å². The highest BCUT2D eigenvalue weighted by Crippen LogP contribution is 2.34. The normalized spacial score (nSPS) is 15.3. The molecule has 1 unspecified atom stereocenters. The van der Waals surface area contributed by atoms with E-state index in [9.17, 15) is 29.4 Å². The number of ether oxygens (including phenoxy) is 3. The largest absolute Gasteiger partial charge is 0.453 e. The van der Waals surface area contributed by atoms with Gasteiger partial charge in [0.25, 0.3) is 5.91 Å². The maximum absolute atomic E-state index is 13.3. The Balaban J connectivity index is 1.43.